The standard InChI is InChI=1S/C8H17ClN2O4S/c1-3-5-7(9)6-10-16(13,14)11-8(12)15-4-2/h7,10H,3-6H2,1-2H3,(H,11,12). The second-order valence-electron chi connectivity index (χ2n) is 3.06. The Balaban J connectivity index is 4.01. The molecule has 0 bridgehead atoms. The number of carbonyl (C=O) groups excluding carboxylic acids is 1. The van der Waals surface area contributed by atoms with Gasteiger partial charge in [-0.05, 0) is 13.3 Å². The summed E-state index contributed by atoms with van der Waals surface area (Å²) < 4.78 is 30.8. The van der Waals surface area contributed by atoms with Gasteiger partial charge < -0.3 is 4.74 Å². The summed E-state index contributed by atoms with van der Waals surface area (Å²) in [5.74, 6) is 0. The van der Waals surface area contributed by atoms with Crippen LogP contribution in [0.4, 0.5) is 4.79 Å². The Kier molecular flexibility index (Phi) is 7.44. The van der Waals surface area contributed by atoms with Crippen molar-refractivity contribution in [2.24, 2.45) is 0 Å². The molecule has 2 N–H and O–H groups in total. The van der Waals surface area contributed by atoms with Crippen LogP contribution in [0.1, 0.15) is 26.7 Å². The summed E-state index contributed by atoms with van der Waals surface area (Å²) in [6.45, 7) is 3.70. The van der Waals surface area contributed by atoms with Crippen molar-refractivity contribution in [3.05, 3.63) is 0 Å². The van der Waals surface area contributed by atoms with Crippen molar-refractivity contribution in [2.75, 3.05) is 13.2 Å². The number of hydrogen-bond acceptors (Lipinski definition) is 4. The second kappa shape index (κ2) is 7.70. The van der Waals surface area contributed by atoms with Crippen molar-refractivity contribution in [1.29, 1.82) is 0 Å². The van der Waals surface area contributed by atoms with Gasteiger partial charge in [0.15, 0.2) is 0 Å². The Bertz CT molecular complexity index is 307. The summed E-state index contributed by atoms with van der Waals surface area (Å²) in [5, 5.41) is -0.288. The molecule has 0 fully saturated rings. The highest BCUT2D eigenvalue weighted by Crippen LogP contribution is 2.03. The number of nitrogens with one attached hydrogen (secondary N) is 2. The first-order valence-corrected chi connectivity index (χ1v) is 6.91. The lowest BCUT2D eigenvalue weighted by molar-refractivity contribution is 0.158. The van der Waals surface area contributed by atoms with E-state index in [1.807, 2.05) is 6.92 Å². The molecular weight excluding hydrogens is 256 g/mol. The van der Waals surface area contributed by atoms with E-state index >= 15 is 0 Å². The van der Waals surface area contributed by atoms with Gasteiger partial charge in [-0.25, -0.2) is 9.52 Å². The van der Waals surface area contributed by atoms with Gasteiger partial charge >= 0.3 is 16.3 Å². The zero-order chi connectivity index (χ0) is 12.6. The number of halogens is 1. The van der Waals surface area contributed by atoms with Gasteiger partial charge in [-0.15, -0.1) is 11.6 Å². The van der Waals surface area contributed by atoms with Crippen LogP contribution in [0.25, 0.3) is 0 Å². The summed E-state index contributed by atoms with van der Waals surface area (Å²) in [6.07, 6.45) is 0.557. The largest absolute Gasteiger partial charge is 0.449 e. The van der Waals surface area contributed by atoms with E-state index in [9.17, 15) is 13.2 Å². The summed E-state index contributed by atoms with van der Waals surface area (Å²) in [6, 6.07) is 0. The molecule has 0 aromatic heterocycles. The molecule has 0 aliphatic heterocycles. The van der Waals surface area contributed by atoms with Crippen LogP contribution in [-0.4, -0.2) is 33.0 Å². The molecule has 0 aromatic carbocycles. The van der Waals surface area contributed by atoms with Crippen LogP contribution in [0.5, 0.6) is 0 Å². The molecular formula is C8H17ClN2O4S. The van der Waals surface area contributed by atoms with E-state index in [0.717, 1.165) is 6.42 Å². The number of amides is 1. The number of ether oxygens (including phenoxy) is 1. The van der Waals surface area contributed by atoms with Crippen LogP contribution in [0.3, 0.4) is 0 Å². The predicted octanol–water partition coefficient (Wildman–Crippen LogP) is 0.974. The molecule has 96 valence electrons. The van der Waals surface area contributed by atoms with E-state index in [2.05, 4.69) is 9.46 Å². The third kappa shape index (κ3) is 7.72. The van der Waals surface area contributed by atoms with Gasteiger partial charge in [0, 0.05) is 11.9 Å². The van der Waals surface area contributed by atoms with Crippen LogP contribution >= 0.6 is 11.6 Å². The molecule has 0 aliphatic carbocycles. The van der Waals surface area contributed by atoms with Gasteiger partial charge in [0.2, 0.25) is 0 Å². The summed E-state index contributed by atoms with van der Waals surface area (Å²) in [7, 11) is -3.88. The fourth-order valence-electron chi connectivity index (χ4n) is 0.922. The minimum Gasteiger partial charge on any atom is -0.449 e. The Labute approximate surface area is 101 Å². The highest BCUT2D eigenvalue weighted by molar-refractivity contribution is 7.88. The number of alkyl halides is 1. The molecule has 0 saturated carbocycles. The van der Waals surface area contributed by atoms with E-state index in [4.69, 9.17) is 11.6 Å². The van der Waals surface area contributed by atoms with Crippen LogP contribution in [-0.2, 0) is 14.9 Å². The molecule has 0 saturated heterocycles. The average Bonchev–Trinajstić information content (AvgIpc) is 2.15. The lowest BCUT2D eigenvalue weighted by atomic mass is 10.2. The molecule has 0 heterocycles. The van der Waals surface area contributed by atoms with Crippen LogP contribution in [0.15, 0.2) is 0 Å². The van der Waals surface area contributed by atoms with Gasteiger partial charge in [-0.2, -0.15) is 13.1 Å². The topological polar surface area (TPSA) is 84.5 Å². The number of carbonyl (C=O) groups is 1. The predicted molar refractivity (Wildman–Crippen MR) is 61.6 cm³/mol. The van der Waals surface area contributed by atoms with Crippen molar-refractivity contribution in [1.82, 2.24) is 9.44 Å². The zero-order valence-electron chi connectivity index (χ0n) is 9.32. The third-order valence-electron chi connectivity index (χ3n) is 1.59. The molecule has 0 aromatic rings. The smallest absolute Gasteiger partial charge is 0.421 e. The van der Waals surface area contributed by atoms with Gasteiger partial charge in [-0.3, -0.25) is 0 Å². The van der Waals surface area contributed by atoms with Crippen LogP contribution < -0.4 is 9.44 Å². The van der Waals surface area contributed by atoms with Gasteiger partial charge in [0.1, 0.15) is 0 Å². The highest BCUT2D eigenvalue weighted by Gasteiger charge is 2.15. The van der Waals surface area contributed by atoms with Crippen molar-refractivity contribution in [3.63, 3.8) is 0 Å². The first kappa shape index (κ1) is 15.5. The van der Waals surface area contributed by atoms with E-state index < -0.39 is 16.3 Å². The number of hydrogen-bond donors (Lipinski definition) is 2. The Hall–Kier alpha value is -0.530. The zero-order valence-corrected chi connectivity index (χ0v) is 10.9. The maximum atomic E-state index is 11.2. The lowest BCUT2D eigenvalue weighted by Crippen LogP contribution is -2.42. The van der Waals surface area contributed by atoms with E-state index in [-0.39, 0.29) is 18.5 Å². The van der Waals surface area contributed by atoms with Crippen molar-refractivity contribution >= 4 is 27.9 Å². The fraction of sp³-hybridized carbons (Fsp3) is 0.875. The Morgan fingerprint density at radius 3 is 2.56 bits per heavy atom. The SMILES string of the molecule is CCCC(Cl)CNS(=O)(=O)NC(=O)OCC. The van der Waals surface area contributed by atoms with E-state index in [1.54, 1.807) is 11.6 Å². The van der Waals surface area contributed by atoms with Gasteiger partial charge in [0.25, 0.3) is 0 Å². The minimum atomic E-state index is -3.88. The molecule has 1 amide bonds. The molecule has 8 heteroatoms. The molecule has 1 atom stereocenters. The summed E-state index contributed by atoms with van der Waals surface area (Å²) in [5.41, 5.74) is 0. The first-order valence-electron chi connectivity index (χ1n) is 4.99. The van der Waals surface area contributed by atoms with Crippen molar-refractivity contribution < 1.29 is 17.9 Å². The van der Waals surface area contributed by atoms with Crippen molar-refractivity contribution in [2.45, 2.75) is 32.1 Å². The molecule has 1 unspecified atom stereocenters. The van der Waals surface area contributed by atoms with Gasteiger partial charge in [0.05, 0.1) is 6.61 Å². The quantitative estimate of drug-likeness (QED) is 0.677. The van der Waals surface area contributed by atoms with Gasteiger partial charge in [-0.1, -0.05) is 13.3 Å². The van der Waals surface area contributed by atoms with Crippen LogP contribution in [0, 0.1) is 0 Å². The average molecular weight is 273 g/mol. The molecule has 0 spiro atoms. The maximum Gasteiger partial charge on any atom is 0.421 e. The monoisotopic (exact) mass is 272 g/mol. The van der Waals surface area contributed by atoms with Crippen molar-refractivity contribution in [3.8, 4) is 0 Å². The molecule has 0 aliphatic rings. The molecule has 0 radical (unpaired) electrons. The second-order valence-corrected chi connectivity index (χ2v) is 5.18. The first-order chi connectivity index (χ1) is 7.41. The summed E-state index contributed by atoms with van der Waals surface area (Å²) >= 11 is 5.81. The summed E-state index contributed by atoms with van der Waals surface area (Å²) in [4.78, 5) is 10.8. The van der Waals surface area contributed by atoms with E-state index in [0.29, 0.717) is 6.42 Å². The fourth-order valence-corrected chi connectivity index (χ4v) is 2.08. The molecule has 0 rings (SSSR count). The lowest BCUT2D eigenvalue weighted by Gasteiger charge is -2.10. The van der Waals surface area contributed by atoms with Crippen LogP contribution in [0.2, 0.25) is 0 Å². The number of rotatable bonds is 7. The third-order valence-corrected chi connectivity index (χ3v) is 2.94. The van der Waals surface area contributed by atoms with E-state index in [1.165, 1.54) is 0 Å². The highest BCUT2D eigenvalue weighted by atomic mass is 35.5. The maximum absolute atomic E-state index is 11.2. The normalized spacial score (nSPS) is 13.2. The Morgan fingerprint density at radius 1 is 1.44 bits per heavy atom. The Morgan fingerprint density at radius 2 is 2.06 bits per heavy atom. The molecule has 16 heavy (non-hydrogen) atoms. The molecule has 6 nitrogen and oxygen atoms in total. The minimum absolute atomic E-state index is 0.0735.